The minimum absolute atomic E-state index is 0.0751. The van der Waals surface area contributed by atoms with Gasteiger partial charge in [0.1, 0.15) is 12.6 Å². The van der Waals surface area contributed by atoms with Crippen LogP contribution in [0.2, 0.25) is 0 Å². The molecule has 0 spiro atoms. The lowest BCUT2D eigenvalue weighted by Crippen LogP contribution is -2.35. The van der Waals surface area contributed by atoms with Crippen molar-refractivity contribution in [2.75, 3.05) is 13.2 Å². The molecular weight excluding hydrogens is 256 g/mol. The number of rotatable bonds is 4. The van der Waals surface area contributed by atoms with Crippen molar-refractivity contribution in [2.45, 2.75) is 32.1 Å². The number of nitriles is 1. The molecule has 5 nitrogen and oxygen atoms in total. The van der Waals surface area contributed by atoms with Crippen LogP contribution in [-0.2, 0) is 16.1 Å². The molecule has 5 heteroatoms. The third-order valence-electron chi connectivity index (χ3n) is 3.25. The maximum atomic E-state index is 12.0. The molecule has 1 aromatic carbocycles. The van der Waals surface area contributed by atoms with Crippen molar-refractivity contribution in [1.82, 2.24) is 4.90 Å². The van der Waals surface area contributed by atoms with Crippen LogP contribution in [0.4, 0.5) is 4.79 Å². The van der Waals surface area contributed by atoms with Crippen molar-refractivity contribution >= 4 is 6.09 Å². The Morgan fingerprint density at radius 1 is 1.45 bits per heavy atom. The number of hydrogen-bond acceptors (Lipinski definition) is 4. The first-order valence-electron chi connectivity index (χ1n) is 6.73. The number of hydrogen-bond donors (Lipinski definition) is 0. The zero-order chi connectivity index (χ0) is 14.4. The fraction of sp³-hybridized carbons (Fsp3) is 0.467. The summed E-state index contributed by atoms with van der Waals surface area (Å²) in [6, 6.07) is 11.1. The molecule has 20 heavy (non-hydrogen) atoms. The van der Waals surface area contributed by atoms with Gasteiger partial charge in [0.15, 0.2) is 0 Å². The van der Waals surface area contributed by atoms with E-state index in [-0.39, 0.29) is 12.7 Å². The van der Waals surface area contributed by atoms with E-state index < -0.39 is 12.1 Å². The number of amides is 1. The highest BCUT2D eigenvalue weighted by atomic mass is 16.6. The summed E-state index contributed by atoms with van der Waals surface area (Å²) in [6.07, 6.45) is 0.0154. The summed E-state index contributed by atoms with van der Waals surface area (Å²) in [6.45, 7) is 3.11. The molecule has 1 fully saturated rings. The molecular formula is C15H18N2O3. The molecule has 1 aliphatic heterocycles. The van der Waals surface area contributed by atoms with Crippen molar-refractivity contribution in [3.8, 4) is 6.07 Å². The highest BCUT2D eigenvalue weighted by Gasteiger charge is 2.36. The number of nitrogens with zero attached hydrogens (tertiary/aromatic N) is 2. The van der Waals surface area contributed by atoms with Gasteiger partial charge in [0.25, 0.3) is 0 Å². The predicted octanol–water partition coefficient (Wildman–Crippen LogP) is 2.33. The molecule has 0 bridgehead atoms. The lowest BCUT2D eigenvalue weighted by atomic mass is 10.2. The molecule has 0 N–H and O–H groups in total. The van der Waals surface area contributed by atoms with E-state index in [1.807, 2.05) is 37.3 Å². The van der Waals surface area contributed by atoms with Gasteiger partial charge in [0, 0.05) is 13.0 Å². The largest absolute Gasteiger partial charge is 0.445 e. The number of likely N-dealkylation sites (tertiary alicyclic amines) is 1. The van der Waals surface area contributed by atoms with Crippen molar-refractivity contribution < 1.29 is 14.3 Å². The van der Waals surface area contributed by atoms with Crippen molar-refractivity contribution in [2.24, 2.45) is 0 Å². The molecule has 2 rings (SSSR count). The predicted molar refractivity (Wildman–Crippen MR) is 72.8 cm³/mol. The van der Waals surface area contributed by atoms with Crippen LogP contribution in [0.5, 0.6) is 0 Å². The topological polar surface area (TPSA) is 62.6 Å². The minimum Gasteiger partial charge on any atom is -0.445 e. The third kappa shape index (κ3) is 3.49. The standard InChI is InChI=1S/C15H18N2O3/c1-2-19-14-8-13(9-16)17(10-14)15(18)20-11-12-6-4-3-5-7-12/h3-7,13-14H,2,8,10-11H2,1H3/t13-,14+/m0/s1. The first-order valence-corrected chi connectivity index (χ1v) is 6.73. The Bertz CT molecular complexity index is 484. The molecule has 1 amide bonds. The van der Waals surface area contributed by atoms with Gasteiger partial charge in [0.2, 0.25) is 0 Å². The summed E-state index contributed by atoms with van der Waals surface area (Å²) in [7, 11) is 0. The molecule has 0 radical (unpaired) electrons. The molecule has 0 aliphatic carbocycles. The van der Waals surface area contributed by atoms with Crippen molar-refractivity contribution in [1.29, 1.82) is 5.26 Å². The van der Waals surface area contributed by atoms with E-state index in [0.717, 1.165) is 5.56 Å². The van der Waals surface area contributed by atoms with Crippen molar-refractivity contribution in [3.05, 3.63) is 35.9 Å². The van der Waals surface area contributed by atoms with E-state index in [0.29, 0.717) is 19.6 Å². The molecule has 1 aliphatic rings. The second-order valence-corrected chi connectivity index (χ2v) is 4.65. The molecule has 106 valence electrons. The smallest absolute Gasteiger partial charge is 0.411 e. The van der Waals surface area contributed by atoms with E-state index in [4.69, 9.17) is 14.7 Å². The molecule has 1 saturated heterocycles. The Kier molecular flexibility index (Phi) is 4.97. The van der Waals surface area contributed by atoms with Crippen LogP contribution >= 0.6 is 0 Å². The summed E-state index contributed by atoms with van der Waals surface area (Å²) < 4.78 is 10.7. The van der Waals surface area contributed by atoms with Crippen LogP contribution in [0.1, 0.15) is 18.9 Å². The Morgan fingerprint density at radius 2 is 2.20 bits per heavy atom. The average molecular weight is 274 g/mol. The van der Waals surface area contributed by atoms with Gasteiger partial charge in [-0.15, -0.1) is 0 Å². The first-order chi connectivity index (χ1) is 9.74. The summed E-state index contributed by atoms with van der Waals surface area (Å²) in [5, 5.41) is 9.10. The van der Waals surface area contributed by atoms with Crippen LogP contribution in [0.15, 0.2) is 30.3 Å². The van der Waals surface area contributed by atoms with Gasteiger partial charge in [-0.05, 0) is 12.5 Å². The summed E-state index contributed by atoms with van der Waals surface area (Å²) in [4.78, 5) is 13.5. The van der Waals surface area contributed by atoms with Gasteiger partial charge >= 0.3 is 6.09 Å². The summed E-state index contributed by atoms with van der Waals surface area (Å²) >= 11 is 0. The molecule has 1 heterocycles. The highest BCUT2D eigenvalue weighted by Crippen LogP contribution is 2.21. The van der Waals surface area contributed by atoms with Gasteiger partial charge in [-0.1, -0.05) is 30.3 Å². The fourth-order valence-electron chi connectivity index (χ4n) is 2.28. The Balaban J connectivity index is 1.90. The number of carbonyl (C=O) groups is 1. The summed E-state index contributed by atoms with van der Waals surface area (Å²) in [5.41, 5.74) is 0.926. The van der Waals surface area contributed by atoms with E-state index >= 15 is 0 Å². The number of carbonyl (C=O) groups excluding carboxylic acids is 1. The second-order valence-electron chi connectivity index (χ2n) is 4.65. The quantitative estimate of drug-likeness (QED) is 0.845. The van der Waals surface area contributed by atoms with E-state index in [1.54, 1.807) is 0 Å². The SMILES string of the molecule is CCO[C@@H]1C[C@@H](C#N)N(C(=O)OCc2ccccc2)C1. The molecule has 0 aromatic heterocycles. The average Bonchev–Trinajstić information content (AvgIpc) is 2.89. The van der Waals surface area contributed by atoms with E-state index in [9.17, 15) is 4.79 Å². The van der Waals surface area contributed by atoms with Gasteiger partial charge < -0.3 is 9.47 Å². The maximum Gasteiger partial charge on any atom is 0.411 e. The maximum absolute atomic E-state index is 12.0. The monoisotopic (exact) mass is 274 g/mol. The van der Waals surface area contributed by atoms with Gasteiger partial charge in [-0.2, -0.15) is 5.26 Å². The van der Waals surface area contributed by atoms with E-state index in [1.165, 1.54) is 4.90 Å². The Morgan fingerprint density at radius 3 is 2.85 bits per heavy atom. The normalized spacial score (nSPS) is 21.5. The zero-order valence-electron chi connectivity index (χ0n) is 11.5. The summed E-state index contributed by atoms with van der Waals surface area (Å²) in [5.74, 6) is 0. The van der Waals surface area contributed by atoms with Gasteiger partial charge in [-0.3, -0.25) is 4.90 Å². The third-order valence-corrected chi connectivity index (χ3v) is 3.25. The van der Waals surface area contributed by atoms with E-state index in [2.05, 4.69) is 6.07 Å². The van der Waals surface area contributed by atoms with Gasteiger partial charge in [-0.25, -0.2) is 4.79 Å². The molecule has 0 saturated carbocycles. The lowest BCUT2D eigenvalue weighted by molar-refractivity contribution is 0.0614. The highest BCUT2D eigenvalue weighted by molar-refractivity contribution is 5.69. The zero-order valence-corrected chi connectivity index (χ0v) is 11.5. The Hall–Kier alpha value is -2.06. The Labute approximate surface area is 118 Å². The number of ether oxygens (including phenoxy) is 2. The molecule has 2 atom stereocenters. The number of benzene rings is 1. The minimum atomic E-state index is -0.463. The van der Waals surface area contributed by atoms with Crippen LogP contribution in [-0.4, -0.2) is 36.3 Å². The second kappa shape index (κ2) is 6.92. The first kappa shape index (κ1) is 14.4. The lowest BCUT2D eigenvalue weighted by Gasteiger charge is -2.19. The van der Waals surface area contributed by atoms with Crippen LogP contribution in [0.3, 0.4) is 0 Å². The van der Waals surface area contributed by atoms with Crippen LogP contribution in [0.25, 0.3) is 0 Å². The molecule has 0 unspecified atom stereocenters. The molecule has 1 aromatic rings. The van der Waals surface area contributed by atoms with Crippen LogP contribution < -0.4 is 0 Å². The van der Waals surface area contributed by atoms with Crippen molar-refractivity contribution in [3.63, 3.8) is 0 Å². The van der Waals surface area contributed by atoms with Crippen LogP contribution in [0, 0.1) is 11.3 Å². The fourth-order valence-corrected chi connectivity index (χ4v) is 2.28. The van der Waals surface area contributed by atoms with Gasteiger partial charge in [0.05, 0.1) is 18.7 Å².